The summed E-state index contributed by atoms with van der Waals surface area (Å²) in [5.41, 5.74) is 1.74. The summed E-state index contributed by atoms with van der Waals surface area (Å²) in [6.07, 6.45) is 1.05. The highest BCUT2D eigenvalue weighted by Gasteiger charge is 2.26. The van der Waals surface area contributed by atoms with Gasteiger partial charge in [-0.25, -0.2) is 4.39 Å². The topological polar surface area (TPSA) is 33.7 Å². The van der Waals surface area contributed by atoms with Crippen LogP contribution in [0.3, 0.4) is 0 Å². The van der Waals surface area contributed by atoms with E-state index in [1.54, 1.807) is 20.3 Å². The van der Waals surface area contributed by atoms with Crippen molar-refractivity contribution in [2.45, 2.75) is 13.0 Å². The average Bonchev–Trinajstić information content (AvgIpc) is 2.92. The van der Waals surface area contributed by atoms with E-state index < -0.39 is 0 Å². The van der Waals surface area contributed by atoms with Gasteiger partial charge in [0.1, 0.15) is 5.82 Å². The molecule has 1 N–H and O–H groups in total. The minimum atomic E-state index is -0.140. The Morgan fingerprint density at radius 1 is 1.33 bits per heavy atom. The lowest BCUT2D eigenvalue weighted by Crippen LogP contribution is -2.25. The molecule has 1 unspecified atom stereocenters. The number of hydrogen-bond acceptors (Lipinski definition) is 4. The monoisotopic (exact) mass is 296 g/mol. The Bertz CT molecular complexity index is 442. The summed E-state index contributed by atoms with van der Waals surface area (Å²) >= 11 is 0. The van der Waals surface area contributed by atoms with Gasteiger partial charge >= 0.3 is 0 Å². The van der Waals surface area contributed by atoms with Crippen LogP contribution in [0.15, 0.2) is 18.2 Å². The van der Waals surface area contributed by atoms with Crippen LogP contribution in [0.5, 0.6) is 0 Å². The Morgan fingerprint density at radius 2 is 2.19 bits per heavy atom. The van der Waals surface area contributed by atoms with Gasteiger partial charge in [0.2, 0.25) is 0 Å². The van der Waals surface area contributed by atoms with Crippen LogP contribution in [-0.2, 0) is 16.0 Å². The molecule has 1 saturated heterocycles. The molecule has 0 bridgehead atoms. The number of nitrogens with one attached hydrogen (secondary N) is 1. The third kappa shape index (κ3) is 4.40. The molecular weight excluding hydrogens is 271 g/mol. The molecule has 0 radical (unpaired) electrons. The standard InChI is InChI=1S/C16H25FN2O2/c1-20-9-7-18-10-14-4-3-5-15(17)16(14)19-8-6-13(11-19)12-21-2/h3-5,13,18H,6-12H2,1-2H3. The molecule has 5 heteroatoms. The maximum atomic E-state index is 14.3. The van der Waals surface area contributed by atoms with Crippen LogP contribution in [-0.4, -0.2) is 47.1 Å². The first-order valence-corrected chi connectivity index (χ1v) is 7.47. The van der Waals surface area contributed by atoms with Gasteiger partial charge in [-0.3, -0.25) is 0 Å². The highest BCUT2D eigenvalue weighted by Crippen LogP contribution is 2.30. The number of nitrogens with zero attached hydrogens (tertiary/aromatic N) is 1. The summed E-state index contributed by atoms with van der Waals surface area (Å²) in [5, 5.41) is 3.29. The molecule has 1 aliphatic heterocycles. The second-order valence-corrected chi connectivity index (χ2v) is 5.47. The molecule has 118 valence electrons. The average molecular weight is 296 g/mol. The van der Waals surface area contributed by atoms with Crippen LogP contribution in [0.25, 0.3) is 0 Å². The van der Waals surface area contributed by atoms with Crippen molar-refractivity contribution in [3.8, 4) is 0 Å². The van der Waals surface area contributed by atoms with Crippen LogP contribution < -0.4 is 10.2 Å². The van der Waals surface area contributed by atoms with Crippen molar-refractivity contribution in [3.63, 3.8) is 0 Å². The van der Waals surface area contributed by atoms with Gasteiger partial charge in [0, 0.05) is 46.3 Å². The number of benzene rings is 1. The van der Waals surface area contributed by atoms with E-state index in [0.29, 0.717) is 19.1 Å². The van der Waals surface area contributed by atoms with Crippen molar-refractivity contribution < 1.29 is 13.9 Å². The molecular formula is C16H25FN2O2. The normalized spacial score (nSPS) is 18.4. The molecule has 1 heterocycles. The molecule has 0 spiro atoms. The fraction of sp³-hybridized carbons (Fsp3) is 0.625. The maximum Gasteiger partial charge on any atom is 0.146 e. The second kappa shape index (κ2) is 8.32. The largest absolute Gasteiger partial charge is 0.384 e. The Labute approximate surface area is 126 Å². The van der Waals surface area contributed by atoms with E-state index in [1.807, 2.05) is 6.07 Å². The molecule has 0 aliphatic carbocycles. The highest BCUT2D eigenvalue weighted by atomic mass is 19.1. The predicted octanol–water partition coefficient (Wildman–Crippen LogP) is 2.03. The van der Waals surface area contributed by atoms with Gasteiger partial charge in [-0.2, -0.15) is 0 Å². The summed E-state index contributed by atoms with van der Waals surface area (Å²) in [6.45, 7) is 4.57. The number of rotatable bonds is 8. The van der Waals surface area contributed by atoms with Crippen molar-refractivity contribution in [1.82, 2.24) is 5.32 Å². The van der Waals surface area contributed by atoms with Crippen molar-refractivity contribution >= 4 is 5.69 Å². The van der Waals surface area contributed by atoms with Gasteiger partial charge in [0.05, 0.1) is 18.9 Å². The van der Waals surface area contributed by atoms with Crippen LogP contribution in [0.4, 0.5) is 10.1 Å². The van der Waals surface area contributed by atoms with Gasteiger partial charge in [0.25, 0.3) is 0 Å². The number of methoxy groups -OCH3 is 2. The van der Waals surface area contributed by atoms with Crippen LogP contribution in [0, 0.1) is 11.7 Å². The van der Waals surface area contributed by atoms with Crippen LogP contribution >= 0.6 is 0 Å². The Morgan fingerprint density at radius 3 is 2.95 bits per heavy atom. The lowest BCUT2D eigenvalue weighted by Gasteiger charge is -2.23. The molecule has 1 aliphatic rings. The third-order valence-electron chi connectivity index (χ3n) is 3.87. The van der Waals surface area contributed by atoms with Crippen molar-refractivity contribution in [2.24, 2.45) is 5.92 Å². The third-order valence-corrected chi connectivity index (χ3v) is 3.87. The Hall–Kier alpha value is -1.17. The van der Waals surface area contributed by atoms with E-state index in [2.05, 4.69) is 10.2 Å². The summed E-state index contributed by atoms with van der Waals surface area (Å²) in [4.78, 5) is 2.15. The minimum absolute atomic E-state index is 0.140. The van der Waals surface area contributed by atoms with E-state index in [1.165, 1.54) is 6.07 Å². The number of anilines is 1. The molecule has 1 aromatic carbocycles. The zero-order chi connectivity index (χ0) is 15.1. The van der Waals surface area contributed by atoms with Gasteiger partial charge < -0.3 is 19.7 Å². The van der Waals surface area contributed by atoms with Crippen molar-refractivity contribution in [2.75, 3.05) is 52.0 Å². The van der Waals surface area contributed by atoms with E-state index in [-0.39, 0.29) is 5.82 Å². The molecule has 0 saturated carbocycles. The van der Waals surface area contributed by atoms with E-state index in [4.69, 9.17) is 9.47 Å². The maximum absolute atomic E-state index is 14.3. The second-order valence-electron chi connectivity index (χ2n) is 5.47. The molecule has 1 atom stereocenters. The fourth-order valence-electron chi connectivity index (χ4n) is 2.86. The number of halogens is 1. The minimum Gasteiger partial charge on any atom is -0.384 e. The summed E-state index contributed by atoms with van der Waals surface area (Å²) < 4.78 is 24.5. The molecule has 4 nitrogen and oxygen atoms in total. The number of hydrogen-bond donors (Lipinski definition) is 1. The molecule has 1 aromatic rings. The molecule has 2 rings (SSSR count). The van der Waals surface area contributed by atoms with Crippen LogP contribution in [0.2, 0.25) is 0 Å². The number of ether oxygens (including phenoxy) is 2. The molecule has 0 aromatic heterocycles. The fourth-order valence-corrected chi connectivity index (χ4v) is 2.86. The Balaban J connectivity index is 2.04. The van der Waals surface area contributed by atoms with Crippen LogP contribution in [0.1, 0.15) is 12.0 Å². The lowest BCUT2D eigenvalue weighted by molar-refractivity contribution is 0.161. The predicted molar refractivity (Wildman–Crippen MR) is 82.2 cm³/mol. The number of para-hydroxylation sites is 1. The van der Waals surface area contributed by atoms with E-state index >= 15 is 0 Å². The first-order chi connectivity index (χ1) is 10.3. The summed E-state index contributed by atoms with van der Waals surface area (Å²) in [7, 11) is 3.40. The first kappa shape index (κ1) is 16.2. The van der Waals surface area contributed by atoms with Gasteiger partial charge in [-0.15, -0.1) is 0 Å². The highest BCUT2D eigenvalue weighted by molar-refractivity contribution is 5.55. The Kier molecular flexibility index (Phi) is 6.42. The van der Waals surface area contributed by atoms with Crippen molar-refractivity contribution in [1.29, 1.82) is 0 Å². The smallest absolute Gasteiger partial charge is 0.146 e. The van der Waals surface area contributed by atoms with E-state index in [0.717, 1.165) is 43.9 Å². The van der Waals surface area contributed by atoms with Crippen molar-refractivity contribution in [3.05, 3.63) is 29.6 Å². The summed E-state index contributed by atoms with van der Waals surface area (Å²) in [6, 6.07) is 5.30. The van der Waals surface area contributed by atoms with E-state index in [9.17, 15) is 4.39 Å². The van der Waals surface area contributed by atoms with Gasteiger partial charge in [0.15, 0.2) is 0 Å². The lowest BCUT2D eigenvalue weighted by atomic mass is 10.1. The molecule has 1 fully saturated rings. The zero-order valence-corrected chi connectivity index (χ0v) is 12.9. The SMILES string of the molecule is COCCNCc1cccc(F)c1N1CCC(COC)C1. The molecule has 21 heavy (non-hydrogen) atoms. The zero-order valence-electron chi connectivity index (χ0n) is 12.9. The molecule has 0 amide bonds. The summed E-state index contributed by atoms with van der Waals surface area (Å²) in [5.74, 6) is 0.350. The van der Waals surface area contributed by atoms with Gasteiger partial charge in [-0.05, 0) is 18.1 Å². The first-order valence-electron chi connectivity index (χ1n) is 7.47. The van der Waals surface area contributed by atoms with Gasteiger partial charge in [-0.1, -0.05) is 12.1 Å². The quantitative estimate of drug-likeness (QED) is 0.744.